The molecule has 2 aromatic rings. The van der Waals surface area contributed by atoms with Gasteiger partial charge in [-0.1, -0.05) is 11.6 Å². The van der Waals surface area contributed by atoms with Crippen LogP contribution in [-0.2, 0) is 22.3 Å². The molecule has 5 nitrogen and oxygen atoms in total. The molecule has 11 heteroatoms. The first-order chi connectivity index (χ1) is 14.8. The number of pyridine rings is 1. The fourth-order valence-electron chi connectivity index (χ4n) is 3.16. The van der Waals surface area contributed by atoms with Gasteiger partial charge in [-0.25, -0.2) is 0 Å². The SMILES string of the molecule is Cc1ccc(Nc2ccc(CNC(=O)C3(CC(=O)C(F)(F)F)CC3)nc2)c(C(F)(F)F)c1. The van der Waals surface area contributed by atoms with Crippen molar-refractivity contribution in [3.63, 3.8) is 0 Å². The quantitative estimate of drug-likeness (QED) is 0.568. The molecule has 0 atom stereocenters. The van der Waals surface area contributed by atoms with Crippen LogP contribution in [0.2, 0.25) is 0 Å². The number of hydrogen-bond acceptors (Lipinski definition) is 4. The van der Waals surface area contributed by atoms with Gasteiger partial charge < -0.3 is 10.6 Å². The molecule has 172 valence electrons. The third kappa shape index (κ3) is 5.57. The van der Waals surface area contributed by atoms with Crippen LogP contribution in [-0.4, -0.2) is 22.9 Å². The number of Topliss-reactive ketones (excluding diaryl/α,β-unsaturated/α-hetero) is 1. The molecule has 0 saturated heterocycles. The van der Waals surface area contributed by atoms with E-state index in [1.807, 2.05) is 0 Å². The van der Waals surface area contributed by atoms with Gasteiger partial charge in [0.05, 0.1) is 40.8 Å². The zero-order valence-corrected chi connectivity index (χ0v) is 16.8. The van der Waals surface area contributed by atoms with Gasteiger partial charge >= 0.3 is 12.4 Å². The van der Waals surface area contributed by atoms with Gasteiger partial charge in [-0.2, -0.15) is 26.3 Å². The van der Waals surface area contributed by atoms with Crippen molar-refractivity contribution in [3.8, 4) is 0 Å². The molecule has 0 radical (unpaired) electrons. The second kappa shape index (κ2) is 8.44. The Bertz CT molecular complexity index is 1010. The maximum Gasteiger partial charge on any atom is 0.450 e. The minimum atomic E-state index is -4.98. The summed E-state index contributed by atoms with van der Waals surface area (Å²) in [5, 5.41) is 5.13. The molecule has 1 saturated carbocycles. The number of anilines is 2. The molecule has 1 fully saturated rings. The van der Waals surface area contributed by atoms with Crippen LogP contribution in [0.5, 0.6) is 0 Å². The normalized spacial score (nSPS) is 15.2. The van der Waals surface area contributed by atoms with Crippen LogP contribution in [0.1, 0.15) is 36.1 Å². The number of aryl methyl sites for hydroxylation is 1. The van der Waals surface area contributed by atoms with E-state index in [4.69, 9.17) is 0 Å². The highest BCUT2D eigenvalue weighted by Crippen LogP contribution is 2.50. The van der Waals surface area contributed by atoms with Gasteiger partial charge in [0.25, 0.3) is 0 Å². The number of nitrogens with zero attached hydrogens (tertiary/aromatic N) is 1. The van der Waals surface area contributed by atoms with Crippen LogP contribution in [0, 0.1) is 12.3 Å². The van der Waals surface area contributed by atoms with Gasteiger partial charge in [-0.3, -0.25) is 14.6 Å². The van der Waals surface area contributed by atoms with E-state index in [2.05, 4.69) is 15.6 Å². The highest BCUT2D eigenvalue weighted by molar-refractivity contribution is 5.93. The smallest absolute Gasteiger partial charge is 0.354 e. The Balaban J connectivity index is 1.61. The number of alkyl halides is 6. The van der Waals surface area contributed by atoms with Gasteiger partial charge in [0, 0.05) is 6.42 Å². The van der Waals surface area contributed by atoms with Crippen molar-refractivity contribution >= 4 is 23.1 Å². The number of benzene rings is 1. The Morgan fingerprint density at radius 2 is 1.75 bits per heavy atom. The van der Waals surface area contributed by atoms with Crippen molar-refractivity contribution < 1.29 is 35.9 Å². The number of carbonyl (C=O) groups excluding carboxylic acids is 2. The number of aromatic nitrogens is 1. The summed E-state index contributed by atoms with van der Waals surface area (Å²) >= 11 is 0. The molecule has 0 spiro atoms. The number of amides is 1. The minimum absolute atomic E-state index is 0.0978. The minimum Gasteiger partial charge on any atom is -0.354 e. The number of ketones is 1. The van der Waals surface area contributed by atoms with Crippen LogP contribution in [0.25, 0.3) is 0 Å². The van der Waals surface area contributed by atoms with E-state index in [-0.39, 0.29) is 30.8 Å². The average Bonchev–Trinajstić information content (AvgIpc) is 3.48. The number of carbonyl (C=O) groups is 2. The van der Waals surface area contributed by atoms with Crippen molar-refractivity contribution in [1.82, 2.24) is 10.3 Å². The lowest BCUT2D eigenvalue weighted by Gasteiger charge is -2.16. The maximum absolute atomic E-state index is 13.2. The monoisotopic (exact) mass is 459 g/mol. The van der Waals surface area contributed by atoms with Crippen LogP contribution in [0.15, 0.2) is 36.5 Å². The lowest BCUT2D eigenvalue weighted by molar-refractivity contribution is -0.173. The Morgan fingerprint density at radius 3 is 2.28 bits per heavy atom. The highest BCUT2D eigenvalue weighted by Gasteiger charge is 2.54. The molecule has 1 heterocycles. The molecule has 0 unspecified atom stereocenters. The van der Waals surface area contributed by atoms with E-state index in [9.17, 15) is 35.9 Å². The fraction of sp³-hybridized carbons (Fsp3) is 0.381. The fourth-order valence-corrected chi connectivity index (χ4v) is 3.16. The summed E-state index contributed by atoms with van der Waals surface area (Å²) in [7, 11) is 0. The lowest BCUT2D eigenvalue weighted by atomic mass is 9.98. The molecule has 0 aliphatic heterocycles. The molecule has 0 bridgehead atoms. The summed E-state index contributed by atoms with van der Waals surface area (Å²) in [6.45, 7) is 1.45. The van der Waals surface area contributed by atoms with Gasteiger partial charge in [-0.05, 0) is 44.0 Å². The van der Waals surface area contributed by atoms with Crippen LogP contribution in [0.4, 0.5) is 37.7 Å². The molecule has 32 heavy (non-hydrogen) atoms. The van der Waals surface area contributed by atoms with Gasteiger partial charge in [0.15, 0.2) is 0 Å². The van der Waals surface area contributed by atoms with E-state index in [0.29, 0.717) is 11.3 Å². The predicted octanol–water partition coefficient (Wildman–Crippen LogP) is 5.07. The van der Waals surface area contributed by atoms with Crippen molar-refractivity contribution in [2.24, 2.45) is 5.41 Å². The first-order valence-electron chi connectivity index (χ1n) is 9.58. The molecule has 1 aromatic heterocycles. The largest absolute Gasteiger partial charge is 0.450 e. The topological polar surface area (TPSA) is 71.1 Å². The summed E-state index contributed by atoms with van der Waals surface area (Å²) in [6.07, 6.45) is -8.76. The molecule has 1 aliphatic rings. The van der Waals surface area contributed by atoms with Crippen molar-refractivity contribution in [2.75, 3.05) is 5.32 Å². The standard InChI is InChI=1S/C21H19F6N3O2/c1-12-2-5-16(15(8-12)20(22,23)24)30-14-4-3-13(28-11-14)10-29-18(32)19(6-7-19)9-17(31)21(25,26)27/h2-5,8,11,30H,6-7,9-10H2,1H3,(H,29,32). The number of halogens is 6. The second-order valence-corrected chi connectivity index (χ2v) is 7.77. The number of nitrogens with one attached hydrogen (secondary N) is 2. The van der Waals surface area contributed by atoms with Gasteiger partial charge in [-0.15, -0.1) is 0 Å². The summed E-state index contributed by atoms with van der Waals surface area (Å²) in [5.74, 6) is -2.60. The van der Waals surface area contributed by atoms with E-state index >= 15 is 0 Å². The maximum atomic E-state index is 13.2. The Morgan fingerprint density at radius 1 is 1.06 bits per heavy atom. The first-order valence-corrected chi connectivity index (χ1v) is 9.58. The average molecular weight is 459 g/mol. The molecular formula is C21H19F6N3O2. The van der Waals surface area contributed by atoms with Crippen LogP contribution in [0.3, 0.4) is 0 Å². The van der Waals surface area contributed by atoms with Gasteiger partial charge in [0.1, 0.15) is 0 Å². The first kappa shape index (κ1) is 23.6. The molecular weight excluding hydrogens is 440 g/mol. The Hall–Kier alpha value is -3.11. The predicted molar refractivity (Wildman–Crippen MR) is 103 cm³/mol. The summed E-state index contributed by atoms with van der Waals surface area (Å²) in [4.78, 5) is 27.5. The Labute approximate surface area is 179 Å². The third-order valence-electron chi connectivity index (χ3n) is 5.16. The van der Waals surface area contributed by atoms with E-state index in [1.165, 1.54) is 30.5 Å². The van der Waals surface area contributed by atoms with E-state index in [0.717, 1.165) is 6.07 Å². The molecule has 1 amide bonds. The third-order valence-corrected chi connectivity index (χ3v) is 5.16. The van der Waals surface area contributed by atoms with Crippen LogP contribution >= 0.6 is 0 Å². The van der Waals surface area contributed by atoms with Crippen molar-refractivity contribution in [1.29, 1.82) is 0 Å². The molecule has 1 aromatic carbocycles. The summed E-state index contributed by atoms with van der Waals surface area (Å²) in [5.41, 5.74) is -1.22. The molecule has 3 rings (SSSR count). The zero-order valence-electron chi connectivity index (χ0n) is 16.8. The van der Waals surface area contributed by atoms with Gasteiger partial charge in [0.2, 0.25) is 11.7 Å². The number of rotatable bonds is 7. The Kier molecular flexibility index (Phi) is 6.21. The van der Waals surface area contributed by atoms with Crippen molar-refractivity contribution in [2.45, 2.75) is 45.1 Å². The summed E-state index contributed by atoms with van der Waals surface area (Å²) in [6, 6.07) is 6.80. The molecule has 1 aliphatic carbocycles. The van der Waals surface area contributed by atoms with Crippen molar-refractivity contribution in [3.05, 3.63) is 53.3 Å². The molecule has 2 N–H and O–H groups in total. The zero-order chi connectivity index (χ0) is 23.7. The highest BCUT2D eigenvalue weighted by atomic mass is 19.4. The summed E-state index contributed by atoms with van der Waals surface area (Å²) < 4.78 is 77.1. The second-order valence-electron chi connectivity index (χ2n) is 7.77. The lowest BCUT2D eigenvalue weighted by Crippen LogP contribution is -2.36. The van der Waals surface area contributed by atoms with E-state index in [1.54, 1.807) is 6.92 Å². The van der Waals surface area contributed by atoms with Crippen LogP contribution < -0.4 is 10.6 Å². The van der Waals surface area contributed by atoms with E-state index < -0.39 is 41.4 Å². The number of hydrogen-bond donors (Lipinski definition) is 2.